The van der Waals surface area contributed by atoms with Gasteiger partial charge in [0.05, 0.1) is 11.0 Å². The fourth-order valence-corrected chi connectivity index (χ4v) is 6.52. The molecule has 0 aliphatic heterocycles. The van der Waals surface area contributed by atoms with Crippen molar-refractivity contribution in [3.8, 4) is 33.4 Å². The van der Waals surface area contributed by atoms with Crippen molar-refractivity contribution in [3.63, 3.8) is 0 Å². The molecule has 1 nitrogen and oxygen atoms in total. The second-order valence-electron chi connectivity index (χ2n) is 10.6. The van der Waals surface area contributed by atoms with E-state index in [1.165, 1.54) is 0 Å². The lowest BCUT2D eigenvalue weighted by molar-refractivity contribution is 0.669. The maximum Gasteiger partial charge on any atom is 0.136 e. The zero-order chi connectivity index (χ0) is 35.3. The number of hydrogen-bond acceptors (Lipinski definition) is 1. The molecule has 0 spiro atoms. The van der Waals surface area contributed by atoms with Gasteiger partial charge in [-0.15, -0.1) is 0 Å². The summed E-state index contributed by atoms with van der Waals surface area (Å²) < 4.78 is 80.0. The van der Waals surface area contributed by atoms with Crippen LogP contribution >= 0.6 is 0 Å². The minimum atomic E-state index is -0.441. The third-order valence-corrected chi connectivity index (χ3v) is 8.31. The monoisotopic (exact) mass is 554 g/mol. The van der Waals surface area contributed by atoms with E-state index >= 15 is 0 Å². The summed E-state index contributed by atoms with van der Waals surface area (Å²) >= 11 is 0. The third kappa shape index (κ3) is 3.58. The highest BCUT2D eigenvalue weighted by Gasteiger charge is 2.23. The molecule has 0 N–H and O–H groups in total. The van der Waals surface area contributed by atoms with Crippen molar-refractivity contribution in [2.75, 3.05) is 0 Å². The number of furan rings is 1. The molecule has 0 saturated carbocycles. The summed E-state index contributed by atoms with van der Waals surface area (Å²) in [4.78, 5) is 0. The first-order valence-electron chi connectivity index (χ1n) is 18.1. The second-order valence-corrected chi connectivity index (χ2v) is 10.6. The van der Waals surface area contributed by atoms with Crippen LogP contribution in [0, 0.1) is 0 Å². The van der Waals surface area contributed by atoms with Crippen LogP contribution in [0.3, 0.4) is 0 Å². The van der Waals surface area contributed by atoms with Crippen molar-refractivity contribution < 1.29 is 15.4 Å². The maximum atomic E-state index is 9.54. The summed E-state index contributed by atoms with van der Waals surface area (Å²) in [7, 11) is 0. The summed E-state index contributed by atoms with van der Waals surface area (Å²) in [6, 6.07) is 31.3. The predicted molar refractivity (Wildman–Crippen MR) is 183 cm³/mol. The highest BCUT2D eigenvalue weighted by atomic mass is 16.3. The molecular formula is C42H26O. The van der Waals surface area contributed by atoms with E-state index in [2.05, 4.69) is 0 Å². The van der Waals surface area contributed by atoms with Crippen LogP contribution in [-0.4, -0.2) is 0 Å². The first-order chi connectivity index (χ1) is 24.7. The number of benzene rings is 8. The van der Waals surface area contributed by atoms with E-state index in [-0.39, 0.29) is 45.7 Å². The van der Waals surface area contributed by atoms with E-state index in [1.54, 1.807) is 0 Å². The minimum absolute atomic E-state index is 0.163. The van der Waals surface area contributed by atoms with Crippen molar-refractivity contribution in [3.05, 3.63) is 158 Å². The number of rotatable bonds is 3. The summed E-state index contributed by atoms with van der Waals surface area (Å²) in [6.07, 6.45) is 0. The molecule has 9 aromatic rings. The number of fused-ring (bicyclic) bond motifs is 6. The Kier molecular flexibility index (Phi) is 3.80. The Balaban J connectivity index is 1.67. The number of hydrogen-bond donors (Lipinski definition) is 0. The van der Waals surface area contributed by atoms with Gasteiger partial charge in [0.1, 0.15) is 11.2 Å². The summed E-state index contributed by atoms with van der Waals surface area (Å²) in [5.41, 5.74) is 4.45. The molecule has 1 heterocycles. The molecule has 0 unspecified atom stereocenters. The summed E-state index contributed by atoms with van der Waals surface area (Å²) in [5, 5.41) is 3.77. The van der Waals surface area contributed by atoms with Crippen molar-refractivity contribution >= 4 is 54.3 Å². The highest BCUT2D eigenvalue weighted by molar-refractivity contribution is 6.28. The average Bonchev–Trinajstić information content (AvgIpc) is 3.55. The topological polar surface area (TPSA) is 13.1 Å². The van der Waals surface area contributed by atoms with E-state index in [9.17, 15) is 5.48 Å². The Morgan fingerprint density at radius 1 is 0.395 bits per heavy atom. The second kappa shape index (κ2) is 9.44. The van der Waals surface area contributed by atoms with E-state index in [4.69, 9.17) is 9.90 Å². The summed E-state index contributed by atoms with van der Waals surface area (Å²) in [6.45, 7) is 0. The molecule has 200 valence electrons. The van der Waals surface area contributed by atoms with E-state index < -0.39 is 24.2 Å². The average molecular weight is 555 g/mol. The van der Waals surface area contributed by atoms with Gasteiger partial charge in [-0.2, -0.15) is 0 Å². The van der Waals surface area contributed by atoms with Crippen LogP contribution in [0.4, 0.5) is 0 Å². The molecule has 0 saturated heterocycles. The van der Waals surface area contributed by atoms with Crippen LogP contribution in [-0.2, 0) is 0 Å². The van der Waals surface area contributed by atoms with Gasteiger partial charge >= 0.3 is 0 Å². The van der Waals surface area contributed by atoms with Crippen LogP contribution < -0.4 is 0 Å². The largest absolute Gasteiger partial charge is 0.456 e. The van der Waals surface area contributed by atoms with E-state index in [1.807, 2.05) is 109 Å². The van der Waals surface area contributed by atoms with Gasteiger partial charge in [0.25, 0.3) is 0 Å². The lowest BCUT2D eigenvalue weighted by Crippen LogP contribution is -1.94. The van der Waals surface area contributed by atoms with Crippen LogP contribution in [0.15, 0.2) is 162 Å². The Hall–Kier alpha value is -5.66. The van der Waals surface area contributed by atoms with Gasteiger partial charge in [-0.1, -0.05) is 145 Å². The van der Waals surface area contributed by atoms with Crippen molar-refractivity contribution in [1.29, 1.82) is 0 Å². The molecule has 0 bridgehead atoms. The quantitative estimate of drug-likeness (QED) is 0.198. The molecule has 0 aliphatic carbocycles. The molecule has 0 amide bonds. The number of para-hydroxylation sites is 1. The van der Waals surface area contributed by atoms with Gasteiger partial charge in [-0.25, -0.2) is 0 Å². The summed E-state index contributed by atoms with van der Waals surface area (Å²) in [5.74, 6) is 0. The molecule has 0 aliphatic rings. The van der Waals surface area contributed by atoms with Gasteiger partial charge < -0.3 is 4.42 Å². The zero-order valence-electron chi connectivity index (χ0n) is 30.8. The molecule has 1 aromatic heterocycles. The van der Waals surface area contributed by atoms with Crippen LogP contribution in [0.5, 0.6) is 0 Å². The van der Waals surface area contributed by atoms with Crippen molar-refractivity contribution in [2.45, 2.75) is 0 Å². The van der Waals surface area contributed by atoms with Gasteiger partial charge in [-0.05, 0) is 72.3 Å². The van der Waals surface area contributed by atoms with Crippen molar-refractivity contribution in [2.24, 2.45) is 0 Å². The predicted octanol–water partition coefficient (Wildman–Crippen LogP) is 12.0. The Morgan fingerprint density at radius 3 is 1.74 bits per heavy atom. The third-order valence-electron chi connectivity index (χ3n) is 8.31. The fourth-order valence-electron chi connectivity index (χ4n) is 6.52. The normalized spacial score (nSPS) is 14.3. The molecule has 1 heteroatoms. The van der Waals surface area contributed by atoms with E-state index in [0.717, 1.165) is 27.3 Å². The molecule has 9 rings (SSSR count). The first kappa shape index (κ1) is 17.3. The molecule has 0 atom stereocenters. The Morgan fingerprint density at radius 2 is 1.00 bits per heavy atom. The van der Waals surface area contributed by atoms with Gasteiger partial charge in [0.2, 0.25) is 0 Å². The maximum absolute atomic E-state index is 9.54. The molecule has 0 radical (unpaired) electrons. The van der Waals surface area contributed by atoms with Crippen LogP contribution in [0.2, 0.25) is 0 Å². The van der Waals surface area contributed by atoms with E-state index in [0.29, 0.717) is 38.8 Å². The van der Waals surface area contributed by atoms with Gasteiger partial charge in [-0.3, -0.25) is 0 Å². The van der Waals surface area contributed by atoms with Gasteiger partial charge in [0.15, 0.2) is 0 Å². The standard InChI is InChI=1S/C42H26O/c1-2-13-28(14-3-1)30-25-26-38-41(36-22-10-11-24-37(36)43-38)42(30)40-34-20-8-6-18-32(34)39(33-19-7-9-21-35(33)40)31-23-12-16-27-15-4-5-17-29(27)31/h1-26H/i6D,7D,8D,9D,18D,19D,20D,21D. The van der Waals surface area contributed by atoms with Crippen molar-refractivity contribution in [1.82, 2.24) is 0 Å². The Bertz CT molecular complexity index is 2860. The minimum Gasteiger partial charge on any atom is -0.456 e. The van der Waals surface area contributed by atoms with Gasteiger partial charge in [0, 0.05) is 16.3 Å². The highest BCUT2D eigenvalue weighted by Crippen LogP contribution is 2.50. The van der Waals surface area contributed by atoms with Crippen LogP contribution in [0.25, 0.3) is 87.6 Å². The molecule has 0 fully saturated rings. The molecular weight excluding hydrogens is 520 g/mol. The Labute approximate surface area is 260 Å². The lowest BCUT2D eigenvalue weighted by Gasteiger charge is -2.21. The van der Waals surface area contributed by atoms with Crippen LogP contribution in [0.1, 0.15) is 11.0 Å². The molecule has 43 heavy (non-hydrogen) atoms. The zero-order valence-corrected chi connectivity index (χ0v) is 22.8. The molecule has 8 aromatic carbocycles. The fraction of sp³-hybridized carbons (Fsp3) is 0. The smallest absolute Gasteiger partial charge is 0.136 e. The lowest BCUT2D eigenvalue weighted by atomic mass is 9.81. The first-order valence-corrected chi connectivity index (χ1v) is 14.1. The SMILES string of the molecule is [2H]c1c([2H])c([2H])c2c(-c3c(-c4ccccc4)ccc4oc5ccccc5c34)c3c([2H])c([2H])c([2H])c([2H])c3c(-c3cccc4ccccc34)c2c1[2H].